The minimum absolute atomic E-state index is 0.0637. The van der Waals surface area contributed by atoms with Crippen molar-refractivity contribution in [1.29, 1.82) is 0 Å². The summed E-state index contributed by atoms with van der Waals surface area (Å²) < 4.78 is 13.2. The third-order valence-electron chi connectivity index (χ3n) is 4.84. The van der Waals surface area contributed by atoms with Gasteiger partial charge < -0.3 is 14.0 Å². The van der Waals surface area contributed by atoms with Gasteiger partial charge in [0.05, 0.1) is 17.0 Å². The van der Waals surface area contributed by atoms with Crippen LogP contribution in [0, 0.1) is 10.1 Å². The Morgan fingerprint density at radius 1 is 1.10 bits per heavy atom. The van der Waals surface area contributed by atoms with E-state index < -0.39 is 16.5 Å². The molecule has 0 amide bonds. The average molecular weight is 410 g/mol. The number of aryl methyl sites for hydroxylation is 1. The molecule has 0 bridgehead atoms. The van der Waals surface area contributed by atoms with Gasteiger partial charge in [0.25, 0.3) is 5.69 Å². The summed E-state index contributed by atoms with van der Waals surface area (Å²) in [5.74, 6) is 0.159. The Kier molecular flexibility index (Phi) is 6.10. The SMILES string of the molecule is CCCn1c(-c2ccc([N+](=O)[O-])cc2)cc2ccc(OC(C)(C)C(=O)OCC)cc21. The summed E-state index contributed by atoms with van der Waals surface area (Å²) in [6, 6.07) is 14.3. The van der Waals surface area contributed by atoms with Crippen molar-refractivity contribution < 1.29 is 19.2 Å². The minimum atomic E-state index is -1.10. The van der Waals surface area contributed by atoms with Gasteiger partial charge in [0.1, 0.15) is 5.75 Å². The Balaban J connectivity index is 2.02. The van der Waals surface area contributed by atoms with Gasteiger partial charge >= 0.3 is 5.97 Å². The van der Waals surface area contributed by atoms with Gasteiger partial charge in [-0.2, -0.15) is 0 Å². The molecule has 0 radical (unpaired) electrons. The largest absolute Gasteiger partial charge is 0.476 e. The van der Waals surface area contributed by atoms with E-state index in [0.717, 1.165) is 35.1 Å². The third-order valence-corrected chi connectivity index (χ3v) is 4.84. The third kappa shape index (κ3) is 4.30. The van der Waals surface area contributed by atoms with Crippen LogP contribution in [0.5, 0.6) is 5.75 Å². The molecule has 0 N–H and O–H groups in total. The Hall–Kier alpha value is -3.35. The molecule has 1 aromatic heterocycles. The number of fused-ring (bicyclic) bond motifs is 1. The maximum atomic E-state index is 12.2. The van der Waals surface area contributed by atoms with E-state index in [1.807, 2.05) is 18.2 Å². The molecule has 158 valence electrons. The zero-order chi connectivity index (χ0) is 21.9. The number of carbonyl (C=O) groups is 1. The van der Waals surface area contributed by atoms with Crippen LogP contribution in [0.2, 0.25) is 0 Å². The molecule has 3 aromatic rings. The first-order valence-corrected chi connectivity index (χ1v) is 10.0. The molecular formula is C23H26N2O5. The fourth-order valence-corrected chi connectivity index (χ4v) is 3.40. The number of benzene rings is 2. The van der Waals surface area contributed by atoms with Gasteiger partial charge in [0.15, 0.2) is 5.60 Å². The van der Waals surface area contributed by atoms with E-state index in [9.17, 15) is 14.9 Å². The molecule has 0 aliphatic carbocycles. The first-order valence-electron chi connectivity index (χ1n) is 10.0. The van der Waals surface area contributed by atoms with Crippen LogP contribution >= 0.6 is 0 Å². The summed E-state index contributed by atoms with van der Waals surface area (Å²) in [5.41, 5.74) is 1.81. The van der Waals surface area contributed by atoms with Crippen LogP contribution < -0.4 is 4.74 Å². The van der Waals surface area contributed by atoms with E-state index in [4.69, 9.17) is 9.47 Å². The zero-order valence-electron chi connectivity index (χ0n) is 17.7. The summed E-state index contributed by atoms with van der Waals surface area (Å²) in [7, 11) is 0. The number of rotatable bonds is 8. The fourth-order valence-electron chi connectivity index (χ4n) is 3.40. The Morgan fingerprint density at radius 3 is 2.40 bits per heavy atom. The maximum absolute atomic E-state index is 12.2. The molecule has 3 rings (SSSR count). The molecule has 0 fully saturated rings. The van der Waals surface area contributed by atoms with E-state index >= 15 is 0 Å². The van der Waals surface area contributed by atoms with Crippen molar-refractivity contribution in [2.45, 2.75) is 46.3 Å². The standard InChI is InChI=1S/C23H26N2O5/c1-5-13-24-20(16-7-10-18(11-8-16)25(27)28)14-17-9-12-19(15-21(17)24)30-23(3,4)22(26)29-6-2/h7-12,14-15H,5-6,13H2,1-4H3. The van der Waals surface area contributed by atoms with E-state index in [2.05, 4.69) is 17.6 Å². The molecule has 0 unspecified atom stereocenters. The molecule has 0 saturated heterocycles. The monoisotopic (exact) mass is 410 g/mol. The van der Waals surface area contributed by atoms with E-state index in [0.29, 0.717) is 12.4 Å². The van der Waals surface area contributed by atoms with Crippen LogP contribution in [0.15, 0.2) is 48.5 Å². The number of hydrogen-bond acceptors (Lipinski definition) is 5. The summed E-state index contributed by atoms with van der Waals surface area (Å²) in [5, 5.41) is 12.0. The summed E-state index contributed by atoms with van der Waals surface area (Å²) >= 11 is 0. The van der Waals surface area contributed by atoms with Crippen molar-refractivity contribution in [2.24, 2.45) is 0 Å². The number of hydrogen-bond donors (Lipinski definition) is 0. The minimum Gasteiger partial charge on any atom is -0.476 e. The average Bonchev–Trinajstić information content (AvgIpc) is 3.06. The second-order valence-electron chi connectivity index (χ2n) is 7.54. The number of carbonyl (C=O) groups excluding carboxylic acids is 1. The molecule has 30 heavy (non-hydrogen) atoms. The molecule has 1 heterocycles. The number of ether oxygens (including phenoxy) is 2. The first-order chi connectivity index (χ1) is 14.3. The molecule has 0 aliphatic heterocycles. The molecular weight excluding hydrogens is 384 g/mol. The van der Waals surface area contributed by atoms with Crippen LogP contribution in [0.3, 0.4) is 0 Å². The van der Waals surface area contributed by atoms with E-state index in [-0.39, 0.29) is 5.69 Å². The van der Waals surface area contributed by atoms with Crippen LogP contribution in [0.25, 0.3) is 22.2 Å². The lowest BCUT2D eigenvalue weighted by Crippen LogP contribution is -2.39. The molecule has 7 nitrogen and oxygen atoms in total. The quantitative estimate of drug-likeness (QED) is 0.284. The Bertz CT molecular complexity index is 1070. The van der Waals surface area contributed by atoms with Crippen LogP contribution in [0.4, 0.5) is 5.69 Å². The molecule has 2 aromatic carbocycles. The highest BCUT2D eigenvalue weighted by Crippen LogP contribution is 2.33. The van der Waals surface area contributed by atoms with Gasteiger partial charge in [-0.25, -0.2) is 4.79 Å². The van der Waals surface area contributed by atoms with Gasteiger partial charge in [-0.05, 0) is 63.1 Å². The number of esters is 1. The van der Waals surface area contributed by atoms with Crippen molar-refractivity contribution in [1.82, 2.24) is 4.57 Å². The summed E-state index contributed by atoms with van der Waals surface area (Å²) in [6.45, 7) is 8.29. The second kappa shape index (κ2) is 8.57. The Labute approximate surface area is 175 Å². The summed E-state index contributed by atoms with van der Waals surface area (Å²) in [4.78, 5) is 22.7. The lowest BCUT2D eigenvalue weighted by Gasteiger charge is -2.24. The fraction of sp³-hybridized carbons (Fsp3) is 0.348. The predicted octanol–water partition coefficient (Wildman–Crippen LogP) is 5.35. The zero-order valence-corrected chi connectivity index (χ0v) is 17.7. The number of aromatic nitrogens is 1. The number of nitrogens with zero attached hydrogens (tertiary/aromatic N) is 2. The lowest BCUT2D eigenvalue weighted by atomic mass is 10.1. The van der Waals surface area contributed by atoms with Gasteiger partial charge in [-0.1, -0.05) is 6.92 Å². The van der Waals surface area contributed by atoms with Crippen molar-refractivity contribution in [3.8, 4) is 17.0 Å². The van der Waals surface area contributed by atoms with Crippen LogP contribution in [-0.2, 0) is 16.1 Å². The van der Waals surface area contributed by atoms with Crippen molar-refractivity contribution in [3.63, 3.8) is 0 Å². The molecule has 7 heteroatoms. The maximum Gasteiger partial charge on any atom is 0.349 e. The van der Waals surface area contributed by atoms with Crippen LogP contribution in [0.1, 0.15) is 34.1 Å². The number of nitro benzene ring substituents is 1. The molecule has 0 spiro atoms. The van der Waals surface area contributed by atoms with Crippen molar-refractivity contribution in [3.05, 3.63) is 58.6 Å². The van der Waals surface area contributed by atoms with E-state index in [1.165, 1.54) is 12.1 Å². The lowest BCUT2D eigenvalue weighted by molar-refractivity contribution is -0.384. The van der Waals surface area contributed by atoms with Crippen molar-refractivity contribution in [2.75, 3.05) is 6.61 Å². The van der Waals surface area contributed by atoms with Gasteiger partial charge in [-0.3, -0.25) is 10.1 Å². The van der Waals surface area contributed by atoms with Gasteiger partial charge in [-0.15, -0.1) is 0 Å². The molecule has 0 atom stereocenters. The highest BCUT2D eigenvalue weighted by Gasteiger charge is 2.31. The normalized spacial score (nSPS) is 11.5. The van der Waals surface area contributed by atoms with Gasteiger partial charge in [0, 0.05) is 35.8 Å². The predicted molar refractivity (Wildman–Crippen MR) is 116 cm³/mol. The van der Waals surface area contributed by atoms with Crippen LogP contribution in [-0.4, -0.2) is 27.7 Å². The highest BCUT2D eigenvalue weighted by molar-refractivity contribution is 5.88. The number of nitro groups is 1. The summed E-state index contributed by atoms with van der Waals surface area (Å²) in [6.07, 6.45) is 0.920. The smallest absolute Gasteiger partial charge is 0.349 e. The number of non-ortho nitro benzene ring substituents is 1. The first kappa shape index (κ1) is 21.4. The Morgan fingerprint density at radius 2 is 1.80 bits per heavy atom. The van der Waals surface area contributed by atoms with Crippen molar-refractivity contribution >= 4 is 22.6 Å². The topological polar surface area (TPSA) is 83.6 Å². The molecule has 0 aliphatic rings. The second-order valence-corrected chi connectivity index (χ2v) is 7.54. The molecule has 0 saturated carbocycles. The highest BCUT2D eigenvalue weighted by atomic mass is 16.6. The van der Waals surface area contributed by atoms with E-state index in [1.54, 1.807) is 32.9 Å². The van der Waals surface area contributed by atoms with Gasteiger partial charge in [0.2, 0.25) is 0 Å².